The molecule has 5 aliphatic rings. The summed E-state index contributed by atoms with van der Waals surface area (Å²) in [6.45, 7) is 14.6. The second-order valence-electron chi connectivity index (χ2n) is 15.4. The summed E-state index contributed by atoms with van der Waals surface area (Å²) in [4.78, 5) is 26.9. The molecule has 4 aliphatic carbocycles. The number of benzene rings is 1. The molecule has 41 heavy (non-hydrogen) atoms. The van der Waals surface area contributed by atoms with Crippen molar-refractivity contribution in [3.05, 3.63) is 75.6 Å². The third-order valence-electron chi connectivity index (χ3n) is 13.4. The molecule has 1 aromatic carbocycles. The Kier molecular flexibility index (Phi) is 6.13. The molecule has 0 saturated heterocycles. The molecule has 7 rings (SSSR count). The van der Waals surface area contributed by atoms with E-state index in [1.165, 1.54) is 30.3 Å². The molecule has 0 radical (unpaired) electrons. The molecule has 3 fully saturated rings. The molecule has 0 amide bonds. The smallest absolute Gasteiger partial charge is 0.245 e. The topological polar surface area (TPSA) is 48.9 Å². The second-order valence-corrected chi connectivity index (χ2v) is 15.4. The Morgan fingerprint density at radius 1 is 0.805 bits per heavy atom. The lowest BCUT2D eigenvalue weighted by molar-refractivity contribution is -0.0716. The van der Waals surface area contributed by atoms with Crippen molar-refractivity contribution < 1.29 is 0 Å². The lowest BCUT2D eigenvalue weighted by Gasteiger charge is -2.59. The normalized spacial score (nSPS) is 38.0. The van der Waals surface area contributed by atoms with E-state index in [9.17, 15) is 9.59 Å². The van der Waals surface area contributed by atoms with E-state index in [2.05, 4.69) is 65.8 Å². The quantitative estimate of drug-likeness (QED) is 0.365. The van der Waals surface area contributed by atoms with E-state index in [0.717, 1.165) is 31.1 Å². The van der Waals surface area contributed by atoms with Gasteiger partial charge in [0.2, 0.25) is 0 Å². The van der Waals surface area contributed by atoms with Crippen LogP contribution in [0.4, 0.5) is 0 Å². The molecule has 3 saturated carbocycles. The number of hydrogen-bond acceptors (Lipinski definition) is 2. The summed E-state index contributed by atoms with van der Waals surface area (Å²) in [6, 6.07) is 9.34. The van der Waals surface area contributed by atoms with Crippen LogP contribution >= 0.6 is 0 Å². The summed E-state index contributed by atoms with van der Waals surface area (Å²) >= 11 is 0. The van der Waals surface area contributed by atoms with Gasteiger partial charge in [-0.3, -0.25) is 0 Å². The Bertz CT molecular complexity index is 1470. The summed E-state index contributed by atoms with van der Waals surface area (Å²) in [7, 11) is 0. The first kappa shape index (κ1) is 27.3. The van der Waals surface area contributed by atoms with Gasteiger partial charge in [0.05, 0.1) is 5.69 Å². The monoisotopic (exact) mass is 555 g/mol. The van der Waals surface area contributed by atoms with Gasteiger partial charge in [-0.1, -0.05) is 84.0 Å². The number of fused-ring (bicyclic) bond motifs is 8. The summed E-state index contributed by atoms with van der Waals surface area (Å²) in [5.74, 6) is 5.28. The van der Waals surface area contributed by atoms with Crippen molar-refractivity contribution >= 4 is 0 Å². The Hall–Kier alpha value is -2.56. The van der Waals surface area contributed by atoms with Crippen LogP contribution in [0.3, 0.4) is 0 Å². The van der Waals surface area contributed by atoms with Crippen molar-refractivity contribution in [2.75, 3.05) is 0 Å². The third kappa shape index (κ3) is 3.72. The van der Waals surface area contributed by atoms with E-state index in [-0.39, 0.29) is 16.8 Å². The lowest BCUT2D eigenvalue weighted by Crippen LogP contribution is -2.53. The molecule has 9 atom stereocenters. The standard InChI is InChI=1S/C36H49N3O2/c1-23(2)24(3)12-13-25(4)29-16-17-30-28-15-14-26-22-36(21-20-34(26,5)31(28)18-19-35(29,30)6)38-32(40)37(33(41)39(36)38)27-10-8-7-9-11-27/h7-15,23-26,28-31H,16-22H2,1-6H3/t24-,25+,26?,28+,29+,30-,31-,34-,35+,36?,38?,39?/m0/s1. The van der Waals surface area contributed by atoms with Crippen LogP contribution in [0.5, 0.6) is 0 Å². The fraction of sp³-hybridized carbons (Fsp3) is 0.667. The van der Waals surface area contributed by atoms with Gasteiger partial charge in [-0.25, -0.2) is 23.5 Å². The maximum absolute atomic E-state index is 13.4. The van der Waals surface area contributed by atoms with Gasteiger partial charge in [-0.15, -0.1) is 0 Å². The zero-order chi connectivity index (χ0) is 28.9. The minimum atomic E-state index is -0.419. The van der Waals surface area contributed by atoms with Crippen molar-refractivity contribution in [2.24, 2.45) is 58.2 Å². The number of allylic oxidation sites excluding steroid dienone is 4. The summed E-state index contributed by atoms with van der Waals surface area (Å²) in [5, 5.41) is 0. The Balaban J connectivity index is 1.12. The van der Waals surface area contributed by atoms with Crippen LogP contribution in [0, 0.1) is 58.2 Å². The van der Waals surface area contributed by atoms with Crippen LogP contribution < -0.4 is 11.4 Å². The molecule has 220 valence electrons. The molecule has 1 aromatic heterocycles. The highest BCUT2D eigenvalue weighted by Crippen LogP contribution is 2.68. The molecular weight excluding hydrogens is 506 g/mol. The average molecular weight is 556 g/mol. The van der Waals surface area contributed by atoms with Crippen molar-refractivity contribution in [1.29, 1.82) is 0 Å². The molecule has 5 nitrogen and oxygen atoms in total. The van der Waals surface area contributed by atoms with E-state index >= 15 is 0 Å². The number of aromatic nitrogens is 3. The molecule has 1 aliphatic heterocycles. The molecular formula is C36H49N3O2. The second kappa shape index (κ2) is 9.22. The van der Waals surface area contributed by atoms with E-state index in [1.54, 1.807) is 9.36 Å². The SMILES string of the molecule is CC(C)[C@@H](C)C=C[C@@H](C)[C@H]1CC[C@H]2[C@H]3C=CC4CC5(CC[C@]4(C)[C@H]3CC[C@]12C)n1c(=O)n(-c2ccccc2)c(=O)n15. The number of para-hydroxylation sites is 1. The van der Waals surface area contributed by atoms with E-state index in [4.69, 9.17) is 0 Å². The predicted molar refractivity (Wildman–Crippen MR) is 165 cm³/mol. The van der Waals surface area contributed by atoms with Crippen LogP contribution in [0.2, 0.25) is 0 Å². The first-order valence-electron chi connectivity index (χ1n) is 16.4. The predicted octanol–water partition coefficient (Wildman–Crippen LogP) is 7.23. The van der Waals surface area contributed by atoms with Gasteiger partial charge in [0, 0.05) is 0 Å². The molecule has 1 spiro atoms. The van der Waals surface area contributed by atoms with Crippen LogP contribution in [0.25, 0.3) is 5.69 Å². The van der Waals surface area contributed by atoms with E-state index < -0.39 is 5.66 Å². The summed E-state index contributed by atoms with van der Waals surface area (Å²) in [6.07, 6.45) is 18.4. The number of hydrogen-bond donors (Lipinski definition) is 0. The minimum Gasteiger partial charge on any atom is -0.245 e. The van der Waals surface area contributed by atoms with Gasteiger partial charge in [0.25, 0.3) is 0 Å². The average Bonchev–Trinajstić information content (AvgIpc) is 3.30. The first-order chi connectivity index (χ1) is 19.5. The van der Waals surface area contributed by atoms with Gasteiger partial charge < -0.3 is 0 Å². The summed E-state index contributed by atoms with van der Waals surface area (Å²) in [5.41, 5.74) is 0.535. The lowest BCUT2D eigenvalue weighted by atomic mass is 9.46. The van der Waals surface area contributed by atoms with Crippen LogP contribution in [-0.2, 0) is 5.66 Å². The van der Waals surface area contributed by atoms with Gasteiger partial charge in [-0.05, 0) is 115 Å². The maximum atomic E-state index is 13.4. The largest absolute Gasteiger partial charge is 0.354 e. The van der Waals surface area contributed by atoms with E-state index in [0.29, 0.717) is 46.6 Å². The number of rotatable bonds is 5. The highest BCUT2D eigenvalue weighted by Gasteiger charge is 2.65. The highest BCUT2D eigenvalue weighted by atomic mass is 16.2. The Labute approximate surface area is 245 Å². The first-order valence-corrected chi connectivity index (χ1v) is 16.4. The van der Waals surface area contributed by atoms with E-state index in [1.807, 2.05) is 30.3 Å². The fourth-order valence-corrected chi connectivity index (χ4v) is 10.5. The van der Waals surface area contributed by atoms with Gasteiger partial charge in [0.15, 0.2) is 5.66 Å². The van der Waals surface area contributed by atoms with Crippen molar-refractivity contribution in [1.82, 2.24) is 13.9 Å². The summed E-state index contributed by atoms with van der Waals surface area (Å²) < 4.78 is 4.89. The van der Waals surface area contributed by atoms with Crippen LogP contribution in [0.1, 0.15) is 86.5 Å². The van der Waals surface area contributed by atoms with Crippen LogP contribution in [0.15, 0.2) is 64.2 Å². The number of nitrogens with zero attached hydrogens (tertiary/aromatic N) is 3. The molecule has 0 N–H and O–H groups in total. The van der Waals surface area contributed by atoms with Crippen molar-refractivity contribution in [3.8, 4) is 5.69 Å². The molecule has 2 heterocycles. The van der Waals surface area contributed by atoms with Gasteiger partial charge in [-0.2, -0.15) is 0 Å². The Morgan fingerprint density at radius 3 is 2.17 bits per heavy atom. The highest BCUT2D eigenvalue weighted by molar-refractivity contribution is 5.32. The fourth-order valence-electron chi connectivity index (χ4n) is 10.5. The minimum absolute atomic E-state index is 0.182. The maximum Gasteiger partial charge on any atom is 0.354 e. The molecule has 0 bridgehead atoms. The molecule has 1 unspecified atom stereocenters. The van der Waals surface area contributed by atoms with Crippen molar-refractivity contribution in [3.63, 3.8) is 0 Å². The Morgan fingerprint density at radius 2 is 1.49 bits per heavy atom. The van der Waals surface area contributed by atoms with Crippen molar-refractivity contribution in [2.45, 2.75) is 92.2 Å². The zero-order valence-electron chi connectivity index (χ0n) is 25.9. The van der Waals surface area contributed by atoms with Gasteiger partial charge >= 0.3 is 11.4 Å². The van der Waals surface area contributed by atoms with Crippen LogP contribution in [-0.4, -0.2) is 13.9 Å². The third-order valence-corrected chi connectivity index (χ3v) is 13.4. The zero-order valence-corrected chi connectivity index (χ0v) is 25.9. The van der Waals surface area contributed by atoms with Gasteiger partial charge in [0.1, 0.15) is 0 Å². The molecule has 2 aromatic rings. The molecule has 5 heteroatoms.